The maximum absolute atomic E-state index is 10.5. The van der Waals surface area contributed by atoms with Crippen molar-refractivity contribution in [3.8, 4) is 5.75 Å². The Kier molecular flexibility index (Phi) is 7.63. The Bertz CT molecular complexity index is 379. The number of para-hydroxylation sites is 1. The Morgan fingerprint density at radius 2 is 1.90 bits per heavy atom. The van der Waals surface area contributed by atoms with Gasteiger partial charge in [0.2, 0.25) is 0 Å². The van der Waals surface area contributed by atoms with Crippen molar-refractivity contribution in [1.82, 2.24) is 4.90 Å². The van der Waals surface area contributed by atoms with Crippen molar-refractivity contribution in [3.63, 3.8) is 0 Å². The van der Waals surface area contributed by atoms with Gasteiger partial charge in [-0.1, -0.05) is 38.0 Å². The van der Waals surface area contributed by atoms with Gasteiger partial charge in [-0.3, -0.25) is 4.90 Å². The van der Waals surface area contributed by atoms with E-state index in [1.807, 2.05) is 24.3 Å². The van der Waals surface area contributed by atoms with Gasteiger partial charge in [0.15, 0.2) is 0 Å². The SMILES string of the molecule is CCCCCN(CC(O)c1ccccc1OC)C(C)C. The molecule has 0 fully saturated rings. The van der Waals surface area contributed by atoms with Crippen LogP contribution in [0.5, 0.6) is 5.75 Å². The molecular weight excluding hydrogens is 250 g/mol. The minimum atomic E-state index is -0.504. The van der Waals surface area contributed by atoms with Crippen molar-refractivity contribution in [2.24, 2.45) is 0 Å². The lowest BCUT2D eigenvalue weighted by Gasteiger charge is -2.29. The summed E-state index contributed by atoms with van der Waals surface area (Å²) in [5.74, 6) is 0.761. The van der Waals surface area contributed by atoms with Crippen LogP contribution in [-0.2, 0) is 0 Å². The third-order valence-corrected chi connectivity index (χ3v) is 3.68. The van der Waals surface area contributed by atoms with Gasteiger partial charge in [-0.15, -0.1) is 0 Å². The molecule has 0 aliphatic heterocycles. The van der Waals surface area contributed by atoms with Crippen LogP contribution in [-0.4, -0.2) is 36.2 Å². The average Bonchev–Trinajstić information content (AvgIpc) is 2.46. The molecule has 1 N–H and O–H groups in total. The first-order chi connectivity index (χ1) is 9.60. The molecule has 3 heteroatoms. The predicted molar refractivity (Wildman–Crippen MR) is 84.2 cm³/mol. The minimum absolute atomic E-state index is 0.441. The van der Waals surface area contributed by atoms with Gasteiger partial charge in [-0.2, -0.15) is 0 Å². The van der Waals surface area contributed by atoms with Gasteiger partial charge in [0.1, 0.15) is 5.75 Å². The number of ether oxygens (including phenoxy) is 1. The number of rotatable bonds is 9. The smallest absolute Gasteiger partial charge is 0.124 e. The molecule has 0 aliphatic carbocycles. The standard InChI is InChI=1S/C17H29NO2/c1-5-6-9-12-18(14(2)3)13-16(19)15-10-7-8-11-17(15)20-4/h7-8,10-11,14,16,19H,5-6,9,12-13H2,1-4H3. The van der Waals surface area contributed by atoms with Crippen LogP contribution < -0.4 is 4.74 Å². The Morgan fingerprint density at radius 1 is 1.20 bits per heavy atom. The number of hydrogen-bond acceptors (Lipinski definition) is 3. The van der Waals surface area contributed by atoms with E-state index in [4.69, 9.17) is 4.74 Å². The summed E-state index contributed by atoms with van der Waals surface area (Å²) in [4.78, 5) is 2.34. The lowest BCUT2D eigenvalue weighted by atomic mass is 10.1. The molecule has 1 atom stereocenters. The highest BCUT2D eigenvalue weighted by Gasteiger charge is 2.18. The van der Waals surface area contributed by atoms with Crippen molar-refractivity contribution in [2.75, 3.05) is 20.2 Å². The molecule has 114 valence electrons. The van der Waals surface area contributed by atoms with Gasteiger partial charge >= 0.3 is 0 Å². The van der Waals surface area contributed by atoms with Crippen LogP contribution in [0.3, 0.4) is 0 Å². The molecule has 1 aromatic rings. The zero-order valence-corrected chi connectivity index (χ0v) is 13.3. The topological polar surface area (TPSA) is 32.7 Å². The highest BCUT2D eigenvalue weighted by Crippen LogP contribution is 2.25. The van der Waals surface area contributed by atoms with E-state index in [1.165, 1.54) is 19.3 Å². The number of aliphatic hydroxyl groups is 1. The molecule has 0 radical (unpaired) electrons. The van der Waals surface area contributed by atoms with Crippen molar-refractivity contribution < 1.29 is 9.84 Å². The molecule has 0 amide bonds. The molecule has 1 aromatic carbocycles. The third kappa shape index (κ3) is 5.14. The molecular formula is C17H29NO2. The Hall–Kier alpha value is -1.06. The quantitative estimate of drug-likeness (QED) is 0.701. The van der Waals surface area contributed by atoms with Crippen LogP contribution in [0.15, 0.2) is 24.3 Å². The summed E-state index contributed by atoms with van der Waals surface area (Å²) < 4.78 is 5.33. The first kappa shape index (κ1) is 17.0. The van der Waals surface area contributed by atoms with Gasteiger partial charge in [0.25, 0.3) is 0 Å². The van der Waals surface area contributed by atoms with E-state index >= 15 is 0 Å². The highest BCUT2D eigenvalue weighted by atomic mass is 16.5. The van der Waals surface area contributed by atoms with E-state index in [0.717, 1.165) is 17.9 Å². The van der Waals surface area contributed by atoms with Crippen LogP contribution in [0.2, 0.25) is 0 Å². The van der Waals surface area contributed by atoms with E-state index in [-0.39, 0.29) is 0 Å². The second-order valence-corrected chi connectivity index (χ2v) is 5.55. The van der Waals surface area contributed by atoms with Crippen molar-refractivity contribution in [3.05, 3.63) is 29.8 Å². The molecule has 0 heterocycles. The number of aliphatic hydroxyl groups excluding tert-OH is 1. The molecule has 0 bridgehead atoms. The fraction of sp³-hybridized carbons (Fsp3) is 0.647. The van der Waals surface area contributed by atoms with Crippen LogP contribution in [0.4, 0.5) is 0 Å². The zero-order chi connectivity index (χ0) is 15.0. The van der Waals surface area contributed by atoms with E-state index in [9.17, 15) is 5.11 Å². The monoisotopic (exact) mass is 279 g/mol. The lowest BCUT2D eigenvalue weighted by molar-refractivity contribution is 0.0923. The van der Waals surface area contributed by atoms with Crippen molar-refractivity contribution >= 4 is 0 Å². The first-order valence-corrected chi connectivity index (χ1v) is 7.65. The summed E-state index contributed by atoms with van der Waals surface area (Å²) in [5, 5.41) is 10.5. The van der Waals surface area contributed by atoms with Gasteiger partial charge in [0.05, 0.1) is 13.2 Å². The van der Waals surface area contributed by atoms with Crippen molar-refractivity contribution in [2.45, 2.75) is 52.2 Å². The number of nitrogens with zero attached hydrogens (tertiary/aromatic N) is 1. The van der Waals surface area contributed by atoms with E-state index in [0.29, 0.717) is 12.6 Å². The van der Waals surface area contributed by atoms with Gasteiger partial charge in [-0.05, 0) is 32.9 Å². The molecule has 0 saturated carbocycles. The average molecular weight is 279 g/mol. The Balaban J connectivity index is 2.67. The molecule has 1 rings (SSSR count). The summed E-state index contributed by atoms with van der Waals surface area (Å²) >= 11 is 0. The molecule has 0 saturated heterocycles. The summed E-state index contributed by atoms with van der Waals surface area (Å²) in [6.07, 6.45) is 3.15. The third-order valence-electron chi connectivity index (χ3n) is 3.68. The van der Waals surface area contributed by atoms with Crippen LogP contribution in [0.25, 0.3) is 0 Å². The fourth-order valence-corrected chi connectivity index (χ4v) is 2.39. The molecule has 0 aromatic heterocycles. The number of benzene rings is 1. The van der Waals surface area contributed by atoms with E-state index in [2.05, 4.69) is 25.7 Å². The maximum Gasteiger partial charge on any atom is 0.124 e. The van der Waals surface area contributed by atoms with E-state index < -0.39 is 6.10 Å². The molecule has 0 aliphatic rings. The number of hydrogen-bond donors (Lipinski definition) is 1. The van der Waals surface area contributed by atoms with Crippen molar-refractivity contribution in [1.29, 1.82) is 0 Å². The maximum atomic E-state index is 10.5. The zero-order valence-electron chi connectivity index (χ0n) is 13.3. The minimum Gasteiger partial charge on any atom is -0.496 e. The lowest BCUT2D eigenvalue weighted by Crippen LogP contribution is -2.35. The van der Waals surface area contributed by atoms with Gasteiger partial charge < -0.3 is 9.84 Å². The summed E-state index contributed by atoms with van der Waals surface area (Å²) in [5.41, 5.74) is 0.871. The predicted octanol–water partition coefficient (Wildman–Crippen LogP) is 3.63. The van der Waals surface area contributed by atoms with E-state index in [1.54, 1.807) is 7.11 Å². The molecule has 3 nitrogen and oxygen atoms in total. The molecule has 0 spiro atoms. The summed E-state index contributed by atoms with van der Waals surface area (Å²) in [6, 6.07) is 8.15. The molecule has 20 heavy (non-hydrogen) atoms. The Labute approximate surface area is 123 Å². The molecule has 1 unspecified atom stereocenters. The largest absolute Gasteiger partial charge is 0.496 e. The van der Waals surface area contributed by atoms with Gasteiger partial charge in [-0.25, -0.2) is 0 Å². The second-order valence-electron chi connectivity index (χ2n) is 5.55. The van der Waals surface area contributed by atoms with Crippen LogP contribution in [0, 0.1) is 0 Å². The highest BCUT2D eigenvalue weighted by molar-refractivity contribution is 5.35. The van der Waals surface area contributed by atoms with Gasteiger partial charge in [0, 0.05) is 18.2 Å². The summed E-state index contributed by atoms with van der Waals surface area (Å²) in [7, 11) is 1.65. The Morgan fingerprint density at radius 3 is 2.50 bits per heavy atom. The summed E-state index contributed by atoms with van der Waals surface area (Å²) in [6.45, 7) is 8.27. The second kappa shape index (κ2) is 8.98. The fourth-order valence-electron chi connectivity index (χ4n) is 2.39. The van der Waals surface area contributed by atoms with Crippen LogP contribution >= 0.6 is 0 Å². The number of methoxy groups -OCH3 is 1. The van der Waals surface area contributed by atoms with Crippen LogP contribution in [0.1, 0.15) is 51.7 Å². The number of unbranched alkanes of at least 4 members (excludes halogenated alkanes) is 2. The first-order valence-electron chi connectivity index (χ1n) is 7.65. The normalized spacial score (nSPS) is 12.9.